The van der Waals surface area contributed by atoms with Crippen LogP contribution in [0.1, 0.15) is 19.8 Å². The normalized spacial score (nSPS) is 21.2. The van der Waals surface area contributed by atoms with Gasteiger partial charge in [-0.3, -0.25) is 4.90 Å². The average Bonchev–Trinajstić information content (AvgIpc) is 2.29. The number of piperazine rings is 1. The van der Waals surface area contributed by atoms with Crippen molar-refractivity contribution < 1.29 is 13.2 Å². The highest BCUT2D eigenvalue weighted by atomic mass is 19.4. The predicted molar refractivity (Wildman–Crippen MR) is 66.4 cm³/mol. The van der Waals surface area contributed by atoms with E-state index in [0.29, 0.717) is 25.6 Å². The standard InChI is InChI=1S/C12H24F3N3/c1-2-3-11(8-16)9-17-4-6-18(7-5-17)10-12(13,14)15/h11H,2-10,16H2,1H3. The molecule has 2 N–H and O–H groups in total. The number of nitrogens with two attached hydrogens (primary N) is 1. The molecule has 108 valence electrons. The predicted octanol–water partition coefficient (Wildman–Crippen LogP) is 1.54. The Labute approximate surface area is 107 Å². The zero-order valence-corrected chi connectivity index (χ0v) is 11.0. The van der Waals surface area contributed by atoms with Crippen molar-refractivity contribution in [2.45, 2.75) is 25.9 Å². The van der Waals surface area contributed by atoms with Crippen LogP contribution in [0.2, 0.25) is 0 Å². The van der Waals surface area contributed by atoms with E-state index in [2.05, 4.69) is 11.8 Å². The van der Waals surface area contributed by atoms with Gasteiger partial charge in [-0.05, 0) is 18.9 Å². The molecule has 18 heavy (non-hydrogen) atoms. The van der Waals surface area contributed by atoms with Crippen LogP contribution in [0.15, 0.2) is 0 Å². The summed E-state index contributed by atoms with van der Waals surface area (Å²) in [6, 6.07) is 0. The Balaban J connectivity index is 2.26. The summed E-state index contributed by atoms with van der Waals surface area (Å²) in [5, 5.41) is 0. The van der Waals surface area contributed by atoms with Crippen molar-refractivity contribution in [1.29, 1.82) is 0 Å². The van der Waals surface area contributed by atoms with Gasteiger partial charge < -0.3 is 10.6 Å². The average molecular weight is 267 g/mol. The lowest BCUT2D eigenvalue weighted by Crippen LogP contribution is -2.50. The Morgan fingerprint density at radius 3 is 2.11 bits per heavy atom. The quantitative estimate of drug-likeness (QED) is 0.792. The van der Waals surface area contributed by atoms with Gasteiger partial charge in [-0.2, -0.15) is 13.2 Å². The van der Waals surface area contributed by atoms with E-state index in [1.165, 1.54) is 4.90 Å². The van der Waals surface area contributed by atoms with Crippen molar-refractivity contribution in [2.24, 2.45) is 11.7 Å². The SMILES string of the molecule is CCCC(CN)CN1CCN(CC(F)(F)F)CC1. The van der Waals surface area contributed by atoms with Gasteiger partial charge >= 0.3 is 6.18 Å². The molecule has 0 spiro atoms. The van der Waals surface area contributed by atoms with E-state index in [1.807, 2.05) is 0 Å². The van der Waals surface area contributed by atoms with Crippen LogP contribution in [-0.4, -0.2) is 61.8 Å². The van der Waals surface area contributed by atoms with Crippen LogP contribution in [-0.2, 0) is 0 Å². The van der Waals surface area contributed by atoms with E-state index >= 15 is 0 Å². The largest absolute Gasteiger partial charge is 0.401 e. The molecule has 0 aromatic heterocycles. The van der Waals surface area contributed by atoms with Gasteiger partial charge in [-0.25, -0.2) is 0 Å². The van der Waals surface area contributed by atoms with E-state index in [0.717, 1.165) is 32.5 Å². The number of halogens is 3. The van der Waals surface area contributed by atoms with Gasteiger partial charge in [0.2, 0.25) is 0 Å². The van der Waals surface area contributed by atoms with E-state index in [9.17, 15) is 13.2 Å². The first-order chi connectivity index (χ1) is 8.44. The molecule has 0 radical (unpaired) electrons. The molecular weight excluding hydrogens is 243 g/mol. The summed E-state index contributed by atoms with van der Waals surface area (Å²) < 4.78 is 36.7. The lowest BCUT2D eigenvalue weighted by atomic mass is 10.0. The summed E-state index contributed by atoms with van der Waals surface area (Å²) in [6.45, 7) is 5.37. The first-order valence-electron chi connectivity index (χ1n) is 6.66. The highest BCUT2D eigenvalue weighted by Gasteiger charge is 2.32. The molecule has 0 bridgehead atoms. The third-order valence-electron chi connectivity index (χ3n) is 3.41. The summed E-state index contributed by atoms with van der Waals surface area (Å²) in [5.41, 5.74) is 5.70. The molecule has 0 aromatic rings. The molecule has 3 nitrogen and oxygen atoms in total. The highest BCUT2D eigenvalue weighted by Crippen LogP contribution is 2.18. The molecule has 0 amide bonds. The Bertz CT molecular complexity index is 225. The molecule has 1 aliphatic rings. The molecule has 1 saturated heterocycles. The molecule has 6 heteroatoms. The summed E-state index contributed by atoms with van der Waals surface area (Å²) in [7, 11) is 0. The van der Waals surface area contributed by atoms with Crippen LogP contribution >= 0.6 is 0 Å². The van der Waals surface area contributed by atoms with E-state index in [4.69, 9.17) is 5.73 Å². The number of nitrogens with zero attached hydrogens (tertiary/aromatic N) is 2. The van der Waals surface area contributed by atoms with Gasteiger partial charge in [0.15, 0.2) is 0 Å². The second kappa shape index (κ2) is 7.31. The molecule has 1 atom stereocenters. The summed E-state index contributed by atoms with van der Waals surface area (Å²) in [5.74, 6) is 0.476. The molecule has 1 rings (SSSR count). The molecule has 1 aliphatic heterocycles. The zero-order chi connectivity index (χ0) is 13.6. The lowest BCUT2D eigenvalue weighted by molar-refractivity contribution is -0.149. The van der Waals surface area contributed by atoms with Crippen molar-refractivity contribution in [3.05, 3.63) is 0 Å². The van der Waals surface area contributed by atoms with Gasteiger partial charge in [-0.15, -0.1) is 0 Å². The van der Waals surface area contributed by atoms with Crippen molar-refractivity contribution in [3.63, 3.8) is 0 Å². The first kappa shape index (κ1) is 15.7. The van der Waals surface area contributed by atoms with Crippen LogP contribution in [0, 0.1) is 5.92 Å². The van der Waals surface area contributed by atoms with Gasteiger partial charge in [0.25, 0.3) is 0 Å². The van der Waals surface area contributed by atoms with Gasteiger partial charge in [0.05, 0.1) is 6.54 Å². The minimum absolute atomic E-state index is 0.476. The monoisotopic (exact) mass is 267 g/mol. The summed E-state index contributed by atoms with van der Waals surface area (Å²) in [4.78, 5) is 3.72. The maximum absolute atomic E-state index is 12.2. The maximum Gasteiger partial charge on any atom is 0.401 e. The molecule has 0 saturated carbocycles. The Morgan fingerprint density at radius 2 is 1.67 bits per heavy atom. The fourth-order valence-electron chi connectivity index (χ4n) is 2.44. The van der Waals surface area contributed by atoms with Gasteiger partial charge in [0.1, 0.15) is 0 Å². The van der Waals surface area contributed by atoms with Crippen molar-refractivity contribution in [3.8, 4) is 0 Å². The van der Waals surface area contributed by atoms with Crippen molar-refractivity contribution >= 4 is 0 Å². The van der Waals surface area contributed by atoms with E-state index in [-0.39, 0.29) is 0 Å². The number of rotatable bonds is 6. The smallest absolute Gasteiger partial charge is 0.330 e. The minimum atomic E-state index is -4.08. The van der Waals surface area contributed by atoms with E-state index in [1.54, 1.807) is 0 Å². The fourth-order valence-corrected chi connectivity index (χ4v) is 2.44. The zero-order valence-electron chi connectivity index (χ0n) is 11.0. The summed E-state index contributed by atoms with van der Waals surface area (Å²) in [6.07, 6.45) is -1.88. The molecule has 1 unspecified atom stereocenters. The summed E-state index contributed by atoms with van der Waals surface area (Å²) >= 11 is 0. The third-order valence-corrected chi connectivity index (χ3v) is 3.41. The maximum atomic E-state index is 12.2. The third kappa shape index (κ3) is 6.02. The second-order valence-corrected chi connectivity index (χ2v) is 5.08. The van der Waals surface area contributed by atoms with Crippen molar-refractivity contribution in [1.82, 2.24) is 9.80 Å². The Morgan fingerprint density at radius 1 is 1.11 bits per heavy atom. The molecule has 1 heterocycles. The molecule has 0 aromatic carbocycles. The molecule has 1 fully saturated rings. The highest BCUT2D eigenvalue weighted by molar-refractivity contribution is 4.76. The second-order valence-electron chi connectivity index (χ2n) is 5.08. The Kier molecular flexibility index (Phi) is 6.38. The van der Waals surface area contributed by atoms with Crippen LogP contribution < -0.4 is 5.73 Å². The van der Waals surface area contributed by atoms with Gasteiger partial charge in [-0.1, -0.05) is 13.3 Å². The topological polar surface area (TPSA) is 32.5 Å². The Hall–Kier alpha value is -0.330. The van der Waals surface area contributed by atoms with Crippen LogP contribution in [0.3, 0.4) is 0 Å². The number of hydrogen-bond acceptors (Lipinski definition) is 3. The molecule has 0 aliphatic carbocycles. The first-order valence-corrected chi connectivity index (χ1v) is 6.66. The number of hydrogen-bond donors (Lipinski definition) is 1. The van der Waals surface area contributed by atoms with Crippen LogP contribution in [0.5, 0.6) is 0 Å². The fraction of sp³-hybridized carbons (Fsp3) is 1.00. The number of alkyl halides is 3. The van der Waals surface area contributed by atoms with Crippen LogP contribution in [0.4, 0.5) is 13.2 Å². The minimum Gasteiger partial charge on any atom is -0.330 e. The van der Waals surface area contributed by atoms with Gasteiger partial charge in [0, 0.05) is 32.7 Å². The van der Waals surface area contributed by atoms with Crippen molar-refractivity contribution in [2.75, 3.05) is 45.8 Å². The van der Waals surface area contributed by atoms with Crippen LogP contribution in [0.25, 0.3) is 0 Å². The lowest BCUT2D eigenvalue weighted by Gasteiger charge is -2.36. The van der Waals surface area contributed by atoms with E-state index < -0.39 is 12.7 Å². The molecular formula is C12H24F3N3.